The van der Waals surface area contributed by atoms with Crippen molar-refractivity contribution >= 4 is 0 Å². The van der Waals surface area contributed by atoms with Crippen LogP contribution in [0.4, 0.5) is 8.78 Å². The molecular weight excluding hydrogens is 172 g/mol. The monoisotopic (exact) mass is 185 g/mol. The van der Waals surface area contributed by atoms with Gasteiger partial charge in [0.25, 0.3) is 6.43 Å². The van der Waals surface area contributed by atoms with Crippen LogP contribution in [0.3, 0.4) is 0 Å². The van der Waals surface area contributed by atoms with Crippen LogP contribution < -0.4 is 0 Å². The molecule has 1 aromatic rings. The molecule has 0 radical (unpaired) electrons. The molecule has 0 amide bonds. The first kappa shape index (κ1) is 10.1. The fourth-order valence-electron chi connectivity index (χ4n) is 0.978. The summed E-state index contributed by atoms with van der Waals surface area (Å²) in [4.78, 5) is 3.69. The molecule has 0 aromatic carbocycles. The normalized spacial score (nSPS) is 12.2. The lowest BCUT2D eigenvalue weighted by Gasteiger charge is -2.18. The second kappa shape index (κ2) is 3.40. The minimum atomic E-state index is -2.48. The van der Waals surface area contributed by atoms with Gasteiger partial charge in [0.2, 0.25) is 0 Å². The third kappa shape index (κ3) is 2.47. The van der Waals surface area contributed by atoms with E-state index in [2.05, 4.69) is 4.98 Å². The first-order valence-corrected chi connectivity index (χ1v) is 4.16. The van der Waals surface area contributed by atoms with Crippen molar-refractivity contribution in [1.82, 2.24) is 4.98 Å². The van der Waals surface area contributed by atoms with Gasteiger partial charge >= 0.3 is 0 Å². The van der Waals surface area contributed by atoms with Crippen molar-refractivity contribution in [1.29, 1.82) is 0 Å². The summed E-state index contributed by atoms with van der Waals surface area (Å²) in [5.74, 6) is 0. The molecule has 1 nitrogen and oxygen atoms in total. The summed E-state index contributed by atoms with van der Waals surface area (Å²) in [7, 11) is 0. The van der Waals surface area contributed by atoms with E-state index in [0.29, 0.717) is 0 Å². The zero-order chi connectivity index (χ0) is 10.1. The maximum atomic E-state index is 12.1. The number of nitrogens with zero attached hydrogens (tertiary/aromatic N) is 1. The molecule has 0 aliphatic carbocycles. The molecular formula is C10H13F2N. The highest BCUT2D eigenvalue weighted by Crippen LogP contribution is 2.23. The van der Waals surface area contributed by atoms with Gasteiger partial charge in [0.15, 0.2) is 0 Å². The Morgan fingerprint density at radius 2 is 1.85 bits per heavy atom. The molecule has 1 aromatic heterocycles. The van der Waals surface area contributed by atoms with Gasteiger partial charge in [-0.15, -0.1) is 0 Å². The standard InChI is InChI=1S/C10H13F2N/c1-10(2,3)7-4-5-8(9(11)12)13-6-7/h4-6,9H,1-3H3. The van der Waals surface area contributed by atoms with Crippen molar-refractivity contribution in [2.75, 3.05) is 0 Å². The summed E-state index contributed by atoms with van der Waals surface area (Å²) in [6.07, 6.45) is -0.962. The van der Waals surface area contributed by atoms with E-state index >= 15 is 0 Å². The highest BCUT2D eigenvalue weighted by molar-refractivity contribution is 5.21. The smallest absolute Gasteiger partial charge is 0.255 e. The van der Waals surface area contributed by atoms with Crippen LogP contribution >= 0.6 is 0 Å². The fourth-order valence-corrected chi connectivity index (χ4v) is 0.978. The van der Waals surface area contributed by atoms with Gasteiger partial charge in [-0.05, 0) is 17.0 Å². The average Bonchev–Trinajstić information content (AvgIpc) is 2.03. The number of aromatic nitrogens is 1. The lowest BCUT2D eigenvalue weighted by molar-refractivity contribution is 0.146. The molecule has 0 bridgehead atoms. The van der Waals surface area contributed by atoms with Crippen LogP contribution in [0.15, 0.2) is 18.3 Å². The Kier molecular flexibility index (Phi) is 2.64. The molecule has 0 unspecified atom stereocenters. The van der Waals surface area contributed by atoms with Crippen molar-refractivity contribution < 1.29 is 8.78 Å². The summed E-state index contributed by atoms with van der Waals surface area (Å²) in [5.41, 5.74) is 0.776. The summed E-state index contributed by atoms with van der Waals surface area (Å²) in [6, 6.07) is 3.08. The molecule has 0 atom stereocenters. The highest BCUT2D eigenvalue weighted by atomic mass is 19.3. The van der Waals surface area contributed by atoms with Crippen LogP contribution in [0.1, 0.15) is 38.5 Å². The Morgan fingerprint density at radius 1 is 1.23 bits per heavy atom. The van der Waals surface area contributed by atoms with Crippen LogP contribution in [0.2, 0.25) is 0 Å². The van der Waals surface area contributed by atoms with Crippen LogP contribution in [0.25, 0.3) is 0 Å². The van der Waals surface area contributed by atoms with Gasteiger partial charge in [0.05, 0.1) is 0 Å². The number of halogens is 2. The summed E-state index contributed by atoms with van der Waals surface area (Å²) in [6.45, 7) is 6.06. The van der Waals surface area contributed by atoms with Gasteiger partial charge in [-0.25, -0.2) is 8.78 Å². The largest absolute Gasteiger partial charge is 0.280 e. The number of rotatable bonds is 1. The minimum Gasteiger partial charge on any atom is -0.255 e. The van der Waals surface area contributed by atoms with Crippen molar-refractivity contribution in [3.63, 3.8) is 0 Å². The van der Waals surface area contributed by atoms with Gasteiger partial charge in [-0.1, -0.05) is 26.8 Å². The molecule has 1 heterocycles. The predicted molar refractivity (Wildman–Crippen MR) is 47.9 cm³/mol. The molecule has 0 saturated carbocycles. The lowest BCUT2D eigenvalue weighted by atomic mass is 9.88. The molecule has 0 aliphatic heterocycles. The van der Waals surface area contributed by atoms with Gasteiger partial charge in [-0.3, -0.25) is 4.98 Å². The summed E-state index contributed by atoms with van der Waals surface area (Å²) in [5, 5.41) is 0. The van der Waals surface area contributed by atoms with E-state index < -0.39 is 6.43 Å². The van der Waals surface area contributed by atoms with Crippen molar-refractivity contribution in [2.45, 2.75) is 32.6 Å². The summed E-state index contributed by atoms with van der Waals surface area (Å²) >= 11 is 0. The molecule has 0 fully saturated rings. The second-order valence-corrected chi connectivity index (χ2v) is 4.02. The third-order valence-corrected chi connectivity index (χ3v) is 1.88. The average molecular weight is 185 g/mol. The molecule has 3 heteroatoms. The molecule has 0 N–H and O–H groups in total. The van der Waals surface area contributed by atoms with Gasteiger partial charge in [0.1, 0.15) is 5.69 Å². The van der Waals surface area contributed by atoms with E-state index in [1.807, 2.05) is 20.8 Å². The van der Waals surface area contributed by atoms with Crippen LogP contribution in [-0.2, 0) is 5.41 Å². The minimum absolute atomic E-state index is 0.0341. The Bertz CT molecular complexity index is 272. The SMILES string of the molecule is CC(C)(C)c1ccc(C(F)F)nc1. The number of alkyl halides is 2. The molecule has 72 valence electrons. The molecule has 0 aliphatic rings. The molecule has 1 rings (SSSR count). The van der Waals surface area contributed by atoms with E-state index in [0.717, 1.165) is 5.56 Å². The van der Waals surface area contributed by atoms with Crippen molar-refractivity contribution in [3.05, 3.63) is 29.6 Å². The second-order valence-electron chi connectivity index (χ2n) is 4.02. The van der Waals surface area contributed by atoms with E-state index in [4.69, 9.17) is 0 Å². The van der Waals surface area contributed by atoms with E-state index in [9.17, 15) is 8.78 Å². The highest BCUT2D eigenvalue weighted by Gasteiger charge is 2.15. The number of hydrogen-bond acceptors (Lipinski definition) is 1. The maximum absolute atomic E-state index is 12.1. The first-order valence-electron chi connectivity index (χ1n) is 4.16. The third-order valence-electron chi connectivity index (χ3n) is 1.88. The Labute approximate surface area is 76.8 Å². The van der Waals surface area contributed by atoms with E-state index in [1.54, 1.807) is 6.07 Å². The Morgan fingerprint density at radius 3 is 2.15 bits per heavy atom. The Hall–Kier alpha value is -0.990. The molecule has 0 saturated heterocycles. The van der Waals surface area contributed by atoms with Crippen LogP contribution in [0.5, 0.6) is 0 Å². The molecule has 13 heavy (non-hydrogen) atoms. The van der Waals surface area contributed by atoms with Crippen LogP contribution in [-0.4, -0.2) is 4.98 Å². The van der Waals surface area contributed by atoms with Crippen molar-refractivity contribution in [3.8, 4) is 0 Å². The summed E-state index contributed by atoms with van der Waals surface area (Å²) < 4.78 is 24.3. The van der Waals surface area contributed by atoms with Crippen LogP contribution in [0, 0.1) is 0 Å². The Balaban J connectivity index is 2.94. The predicted octanol–water partition coefficient (Wildman–Crippen LogP) is 3.32. The maximum Gasteiger partial charge on any atom is 0.280 e. The van der Waals surface area contributed by atoms with Crippen molar-refractivity contribution in [2.24, 2.45) is 0 Å². The lowest BCUT2D eigenvalue weighted by Crippen LogP contribution is -2.11. The topological polar surface area (TPSA) is 12.9 Å². The number of hydrogen-bond donors (Lipinski definition) is 0. The van der Waals surface area contributed by atoms with Gasteiger partial charge < -0.3 is 0 Å². The fraction of sp³-hybridized carbons (Fsp3) is 0.500. The van der Waals surface area contributed by atoms with Gasteiger partial charge in [-0.2, -0.15) is 0 Å². The number of pyridine rings is 1. The first-order chi connectivity index (χ1) is 5.91. The van der Waals surface area contributed by atoms with E-state index in [1.165, 1.54) is 12.3 Å². The van der Waals surface area contributed by atoms with Gasteiger partial charge in [0, 0.05) is 6.20 Å². The zero-order valence-corrected chi connectivity index (χ0v) is 8.01. The molecule has 0 spiro atoms. The zero-order valence-electron chi connectivity index (χ0n) is 8.01. The van der Waals surface area contributed by atoms with E-state index in [-0.39, 0.29) is 11.1 Å². The quantitative estimate of drug-likeness (QED) is 0.654.